The Balaban J connectivity index is 3.44. The second kappa shape index (κ2) is 7.14. The van der Waals surface area contributed by atoms with Gasteiger partial charge in [0.05, 0.1) is 5.92 Å². The van der Waals surface area contributed by atoms with Crippen LogP contribution in [-0.2, 0) is 4.79 Å². The average Bonchev–Trinajstić information content (AvgIpc) is 2.14. The fourth-order valence-electron chi connectivity index (χ4n) is 0.774. The highest BCUT2D eigenvalue weighted by atomic mass is 16.4. The molecule has 0 aromatic heterocycles. The molecule has 5 N–H and O–H groups in total. The molecule has 0 radical (unpaired) electrons. The van der Waals surface area contributed by atoms with Gasteiger partial charge in [-0.1, -0.05) is 6.92 Å². The number of carboxylic acids is 1. The van der Waals surface area contributed by atoms with E-state index in [9.17, 15) is 9.59 Å². The standard InChI is InChI=1S/C8H17N3O3/c1-6(7(12)13)2-4-10-8(14)11-5-3-9/h6H,2-5,9H2,1H3,(H,12,13)(H2,10,11,14). The number of carbonyl (C=O) groups is 2. The van der Waals surface area contributed by atoms with E-state index in [0.29, 0.717) is 26.1 Å². The Labute approximate surface area is 82.9 Å². The molecule has 0 rings (SSSR count). The van der Waals surface area contributed by atoms with Crippen molar-refractivity contribution in [1.82, 2.24) is 10.6 Å². The minimum Gasteiger partial charge on any atom is -0.481 e. The maximum absolute atomic E-state index is 10.9. The van der Waals surface area contributed by atoms with Crippen LogP contribution < -0.4 is 16.4 Å². The molecule has 0 bridgehead atoms. The van der Waals surface area contributed by atoms with Crippen molar-refractivity contribution in [1.29, 1.82) is 0 Å². The molecule has 0 heterocycles. The predicted molar refractivity (Wildman–Crippen MR) is 51.9 cm³/mol. The van der Waals surface area contributed by atoms with Crippen LogP contribution >= 0.6 is 0 Å². The molecule has 2 amide bonds. The summed E-state index contributed by atoms with van der Waals surface area (Å²) in [6, 6.07) is -0.312. The normalized spacial score (nSPS) is 11.9. The van der Waals surface area contributed by atoms with Crippen LogP contribution in [0, 0.1) is 5.92 Å². The fraction of sp³-hybridized carbons (Fsp3) is 0.750. The van der Waals surface area contributed by atoms with Crippen molar-refractivity contribution in [2.75, 3.05) is 19.6 Å². The van der Waals surface area contributed by atoms with Gasteiger partial charge in [0.15, 0.2) is 0 Å². The highest BCUT2D eigenvalue weighted by molar-refractivity contribution is 5.74. The lowest BCUT2D eigenvalue weighted by Crippen LogP contribution is -2.39. The maximum atomic E-state index is 10.9. The quantitative estimate of drug-likeness (QED) is 0.460. The Morgan fingerprint density at radius 3 is 2.43 bits per heavy atom. The fourth-order valence-corrected chi connectivity index (χ4v) is 0.774. The lowest BCUT2D eigenvalue weighted by atomic mass is 10.1. The second-order valence-electron chi connectivity index (χ2n) is 3.00. The molecule has 0 fully saturated rings. The molecule has 6 nitrogen and oxygen atoms in total. The molecule has 0 aromatic rings. The lowest BCUT2D eigenvalue weighted by molar-refractivity contribution is -0.141. The topological polar surface area (TPSA) is 104 Å². The van der Waals surface area contributed by atoms with E-state index in [-0.39, 0.29) is 6.03 Å². The van der Waals surface area contributed by atoms with Gasteiger partial charge in [0.25, 0.3) is 0 Å². The van der Waals surface area contributed by atoms with Gasteiger partial charge in [-0.15, -0.1) is 0 Å². The summed E-state index contributed by atoms with van der Waals surface area (Å²) >= 11 is 0. The molecule has 6 heteroatoms. The van der Waals surface area contributed by atoms with Gasteiger partial charge in [-0.25, -0.2) is 4.79 Å². The van der Waals surface area contributed by atoms with Crippen molar-refractivity contribution in [3.05, 3.63) is 0 Å². The number of hydrogen-bond acceptors (Lipinski definition) is 3. The Kier molecular flexibility index (Phi) is 6.47. The van der Waals surface area contributed by atoms with Gasteiger partial charge < -0.3 is 21.5 Å². The van der Waals surface area contributed by atoms with Gasteiger partial charge in [-0.05, 0) is 6.42 Å². The Morgan fingerprint density at radius 2 is 1.93 bits per heavy atom. The van der Waals surface area contributed by atoms with Crippen molar-refractivity contribution in [2.24, 2.45) is 11.7 Å². The molecular weight excluding hydrogens is 186 g/mol. The molecule has 82 valence electrons. The van der Waals surface area contributed by atoms with Crippen molar-refractivity contribution < 1.29 is 14.7 Å². The van der Waals surface area contributed by atoms with Crippen molar-refractivity contribution in [3.63, 3.8) is 0 Å². The third kappa shape index (κ3) is 6.24. The van der Waals surface area contributed by atoms with Crippen molar-refractivity contribution in [3.8, 4) is 0 Å². The van der Waals surface area contributed by atoms with Gasteiger partial charge in [-0.3, -0.25) is 4.79 Å². The number of nitrogens with one attached hydrogen (secondary N) is 2. The Morgan fingerprint density at radius 1 is 1.36 bits per heavy atom. The molecule has 0 aliphatic heterocycles. The Bertz CT molecular complexity index is 196. The van der Waals surface area contributed by atoms with Crippen LogP contribution in [0.3, 0.4) is 0 Å². The molecular formula is C8H17N3O3. The van der Waals surface area contributed by atoms with E-state index in [1.54, 1.807) is 6.92 Å². The van der Waals surface area contributed by atoms with E-state index >= 15 is 0 Å². The van der Waals surface area contributed by atoms with E-state index < -0.39 is 11.9 Å². The van der Waals surface area contributed by atoms with Gasteiger partial charge in [0, 0.05) is 19.6 Å². The minimum absolute atomic E-state index is 0.312. The number of nitrogens with two attached hydrogens (primary N) is 1. The first-order chi connectivity index (χ1) is 6.57. The van der Waals surface area contributed by atoms with E-state index in [4.69, 9.17) is 10.8 Å². The molecule has 1 unspecified atom stereocenters. The summed E-state index contributed by atoms with van der Waals surface area (Å²) in [5, 5.41) is 13.6. The SMILES string of the molecule is CC(CCNC(=O)NCCN)C(=O)O. The van der Waals surface area contributed by atoms with Crippen LogP contribution in [0.15, 0.2) is 0 Å². The van der Waals surface area contributed by atoms with E-state index in [1.165, 1.54) is 0 Å². The summed E-state index contributed by atoms with van der Waals surface area (Å²) in [4.78, 5) is 21.3. The molecule has 0 spiro atoms. The maximum Gasteiger partial charge on any atom is 0.314 e. The first-order valence-corrected chi connectivity index (χ1v) is 4.52. The summed E-state index contributed by atoms with van der Waals surface area (Å²) in [5.74, 6) is -1.29. The number of urea groups is 1. The van der Waals surface area contributed by atoms with Crippen molar-refractivity contribution in [2.45, 2.75) is 13.3 Å². The monoisotopic (exact) mass is 203 g/mol. The Hall–Kier alpha value is -1.30. The van der Waals surface area contributed by atoms with Crippen LogP contribution in [0.4, 0.5) is 4.79 Å². The number of rotatable bonds is 6. The summed E-state index contributed by atoms with van der Waals surface area (Å²) in [7, 11) is 0. The van der Waals surface area contributed by atoms with E-state index in [1.807, 2.05) is 0 Å². The predicted octanol–water partition coefficient (Wildman–Crippen LogP) is -0.645. The molecule has 0 aliphatic rings. The second-order valence-corrected chi connectivity index (χ2v) is 3.00. The van der Waals surface area contributed by atoms with Crippen LogP contribution in [0.5, 0.6) is 0 Å². The molecule has 0 aliphatic carbocycles. The van der Waals surface area contributed by atoms with Gasteiger partial charge >= 0.3 is 12.0 Å². The average molecular weight is 203 g/mol. The van der Waals surface area contributed by atoms with Crippen LogP contribution in [-0.4, -0.2) is 36.7 Å². The van der Waals surface area contributed by atoms with Crippen LogP contribution in [0.1, 0.15) is 13.3 Å². The highest BCUT2D eigenvalue weighted by Gasteiger charge is 2.10. The summed E-state index contributed by atoms with van der Waals surface area (Å²) in [5.41, 5.74) is 5.17. The summed E-state index contributed by atoms with van der Waals surface area (Å²) < 4.78 is 0. The van der Waals surface area contributed by atoms with Crippen molar-refractivity contribution >= 4 is 12.0 Å². The zero-order valence-corrected chi connectivity index (χ0v) is 8.25. The largest absolute Gasteiger partial charge is 0.481 e. The molecule has 1 atom stereocenters. The lowest BCUT2D eigenvalue weighted by Gasteiger charge is -2.08. The third-order valence-electron chi connectivity index (χ3n) is 1.71. The third-order valence-corrected chi connectivity index (χ3v) is 1.71. The van der Waals surface area contributed by atoms with Crippen LogP contribution in [0.2, 0.25) is 0 Å². The van der Waals surface area contributed by atoms with Gasteiger partial charge in [-0.2, -0.15) is 0 Å². The first-order valence-electron chi connectivity index (χ1n) is 4.52. The number of aliphatic carboxylic acids is 1. The number of carbonyl (C=O) groups excluding carboxylic acids is 1. The zero-order valence-electron chi connectivity index (χ0n) is 8.25. The molecule has 14 heavy (non-hydrogen) atoms. The van der Waals surface area contributed by atoms with E-state index in [2.05, 4.69) is 10.6 Å². The molecule has 0 saturated carbocycles. The number of hydrogen-bond donors (Lipinski definition) is 4. The number of amides is 2. The molecule has 0 saturated heterocycles. The van der Waals surface area contributed by atoms with Crippen LogP contribution in [0.25, 0.3) is 0 Å². The zero-order chi connectivity index (χ0) is 11.0. The highest BCUT2D eigenvalue weighted by Crippen LogP contribution is 1.99. The smallest absolute Gasteiger partial charge is 0.314 e. The van der Waals surface area contributed by atoms with E-state index in [0.717, 1.165) is 0 Å². The minimum atomic E-state index is -0.853. The van der Waals surface area contributed by atoms with Gasteiger partial charge in [0.2, 0.25) is 0 Å². The number of carboxylic acid groups (broad SMARTS) is 1. The molecule has 0 aromatic carbocycles. The summed E-state index contributed by atoms with van der Waals surface area (Å²) in [6.07, 6.45) is 0.422. The van der Waals surface area contributed by atoms with Gasteiger partial charge in [0.1, 0.15) is 0 Å². The first kappa shape index (κ1) is 12.7. The summed E-state index contributed by atoms with van der Waals surface area (Å²) in [6.45, 7) is 2.75.